The molecule has 0 radical (unpaired) electrons. The van der Waals surface area contributed by atoms with Gasteiger partial charge in [-0.2, -0.15) is 0 Å². The number of hydrogen-bond donors (Lipinski definition) is 0. The molecule has 9 rings (SSSR count). The van der Waals surface area contributed by atoms with Gasteiger partial charge in [0.05, 0.1) is 16.7 Å². The van der Waals surface area contributed by atoms with Gasteiger partial charge in [0.2, 0.25) is 0 Å². The molecule has 51 heavy (non-hydrogen) atoms. The number of fused-ring (bicyclic) bond motifs is 3. The summed E-state index contributed by atoms with van der Waals surface area (Å²) in [7, 11) is 0. The molecular formula is C46H33N5. The zero-order valence-corrected chi connectivity index (χ0v) is 28.3. The van der Waals surface area contributed by atoms with Gasteiger partial charge in [-0.1, -0.05) is 121 Å². The lowest BCUT2D eigenvalue weighted by Gasteiger charge is -2.16. The highest BCUT2D eigenvalue weighted by Crippen LogP contribution is 2.40. The zero-order valence-electron chi connectivity index (χ0n) is 28.3. The Morgan fingerprint density at radius 1 is 0.431 bits per heavy atom. The number of hydrogen-bond acceptors (Lipinski definition) is 4. The Morgan fingerprint density at radius 2 is 1.06 bits per heavy atom. The highest BCUT2D eigenvalue weighted by atomic mass is 15.1. The van der Waals surface area contributed by atoms with E-state index in [0.717, 1.165) is 44.5 Å². The maximum Gasteiger partial charge on any atom is 0.166 e. The highest BCUT2D eigenvalue weighted by Gasteiger charge is 2.21. The summed E-state index contributed by atoms with van der Waals surface area (Å²) >= 11 is 0. The van der Waals surface area contributed by atoms with Crippen LogP contribution in [0.5, 0.6) is 0 Å². The van der Waals surface area contributed by atoms with Crippen molar-refractivity contribution in [2.75, 3.05) is 0 Å². The van der Waals surface area contributed by atoms with E-state index in [4.69, 9.17) is 15.0 Å². The van der Waals surface area contributed by atoms with Gasteiger partial charge in [0, 0.05) is 45.4 Å². The Bertz CT molecular complexity index is 2640. The number of rotatable bonds is 6. The van der Waals surface area contributed by atoms with Crippen molar-refractivity contribution in [1.82, 2.24) is 24.5 Å². The van der Waals surface area contributed by atoms with Crippen LogP contribution in [0.1, 0.15) is 11.1 Å². The van der Waals surface area contributed by atoms with Gasteiger partial charge < -0.3 is 4.57 Å². The lowest BCUT2D eigenvalue weighted by atomic mass is 9.97. The van der Waals surface area contributed by atoms with Crippen molar-refractivity contribution in [3.05, 3.63) is 175 Å². The monoisotopic (exact) mass is 655 g/mol. The average Bonchev–Trinajstić information content (AvgIpc) is 3.52. The first kappa shape index (κ1) is 30.3. The molecule has 3 heterocycles. The fourth-order valence-corrected chi connectivity index (χ4v) is 7.09. The molecule has 0 aliphatic heterocycles. The molecule has 0 aliphatic carbocycles. The summed E-state index contributed by atoms with van der Waals surface area (Å²) < 4.78 is 2.36. The topological polar surface area (TPSA) is 56.5 Å². The summed E-state index contributed by atoms with van der Waals surface area (Å²) in [4.78, 5) is 19.7. The van der Waals surface area contributed by atoms with Gasteiger partial charge in [-0.05, 0) is 72.5 Å². The number of aryl methyl sites for hydroxylation is 2. The molecule has 0 fully saturated rings. The van der Waals surface area contributed by atoms with Crippen LogP contribution < -0.4 is 0 Å². The third-order valence-electron chi connectivity index (χ3n) is 9.54. The van der Waals surface area contributed by atoms with E-state index in [1.807, 2.05) is 72.9 Å². The van der Waals surface area contributed by atoms with E-state index < -0.39 is 0 Å². The van der Waals surface area contributed by atoms with Crippen molar-refractivity contribution in [3.8, 4) is 62.1 Å². The van der Waals surface area contributed by atoms with Crippen LogP contribution in [0.25, 0.3) is 83.9 Å². The van der Waals surface area contributed by atoms with Crippen LogP contribution in [-0.4, -0.2) is 24.5 Å². The molecule has 3 aromatic heterocycles. The van der Waals surface area contributed by atoms with E-state index in [-0.39, 0.29) is 0 Å². The molecule has 5 heteroatoms. The van der Waals surface area contributed by atoms with E-state index in [1.54, 1.807) is 6.20 Å². The minimum absolute atomic E-state index is 0.605. The second kappa shape index (κ2) is 12.6. The first-order valence-electron chi connectivity index (χ1n) is 17.1. The minimum atomic E-state index is 0.605. The van der Waals surface area contributed by atoms with Crippen LogP contribution in [0, 0.1) is 13.8 Å². The maximum atomic E-state index is 5.16. The summed E-state index contributed by atoms with van der Waals surface area (Å²) in [6, 6.07) is 53.0. The van der Waals surface area contributed by atoms with Crippen molar-refractivity contribution in [1.29, 1.82) is 0 Å². The summed E-state index contributed by atoms with van der Waals surface area (Å²) in [6.45, 7) is 4.33. The number of aromatic nitrogens is 5. The lowest BCUT2D eigenvalue weighted by molar-refractivity contribution is 1.06. The Kier molecular flexibility index (Phi) is 7.51. The lowest BCUT2D eigenvalue weighted by Crippen LogP contribution is -2.04. The van der Waals surface area contributed by atoms with E-state index in [2.05, 4.69) is 108 Å². The molecule has 5 nitrogen and oxygen atoms in total. The molecule has 0 unspecified atom stereocenters. The normalized spacial score (nSPS) is 11.3. The number of nitrogens with zero attached hydrogens (tertiary/aromatic N) is 5. The van der Waals surface area contributed by atoms with Gasteiger partial charge in [0.15, 0.2) is 17.5 Å². The average molecular weight is 656 g/mol. The predicted molar refractivity (Wildman–Crippen MR) is 209 cm³/mol. The Hall–Kier alpha value is -6.72. The van der Waals surface area contributed by atoms with Crippen LogP contribution in [0.2, 0.25) is 0 Å². The summed E-state index contributed by atoms with van der Waals surface area (Å²) in [5, 5.41) is 2.37. The molecule has 0 spiro atoms. The van der Waals surface area contributed by atoms with Gasteiger partial charge in [0.1, 0.15) is 0 Å². The minimum Gasteiger partial charge on any atom is -0.308 e. The van der Waals surface area contributed by atoms with Crippen molar-refractivity contribution in [3.63, 3.8) is 0 Å². The SMILES string of the molecule is Cc1ccc(-c2ccc3c(c2)c2ccccc2n3-c2cc(-c3cccnc3)ccc2-c2nc(-c3ccccc3)nc(-c3ccccc3)n2)c(C)c1. The molecule has 9 aromatic rings. The number of benzene rings is 6. The molecular weight excluding hydrogens is 623 g/mol. The second-order valence-corrected chi connectivity index (χ2v) is 12.9. The maximum absolute atomic E-state index is 5.16. The third kappa shape index (κ3) is 5.55. The molecule has 6 aromatic carbocycles. The Balaban J connectivity index is 1.33. The van der Waals surface area contributed by atoms with E-state index in [0.29, 0.717) is 17.5 Å². The van der Waals surface area contributed by atoms with Crippen molar-refractivity contribution in [2.45, 2.75) is 13.8 Å². The molecule has 0 aliphatic rings. The quantitative estimate of drug-likeness (QED) is 0.179. The molecule has 0 N–H and O–H groups in total. The molecule has 0 saturated carbocycles. The number of pyridine rings is 1. The summed E-state index contributed by atoms with van der Waals surface area (Å²) in [5.41, 5.74) is 13.0. The number of para-hydroxylation sites is 1. The molecule has 0 bridgehead atoms. The Labute approximate surface area is 296 Å². The Morgan fingerprint density at radius 3 is 1.76 bits per heavy atom. The fraction of sp³-hybridized carbons (Fsp3) is 0.0435. The first-order valence-corrected chi connectivity index (χ1v) is 17.1. The predicted octanol–water partition coefficient (Wildman–Crippen LogP) is 11.3. The smallest absolute Gasteiger partial charge is 0.166 e. The van der Waals surface area contributed by atoms with Crippen molar-refractivity contribution >= 4 is 21.8 Å². The molecule has 242 valence electrons. The van der Waals surface area contributed by atoms with Crippen LogP contribution in [-0.2, 0) is 0 Å². The van der Waals surface area contributed by atoms with Crippen molar-refractivity contribution in [2.24, 2.45) is 0 Å². The zero-order chi connectivity index (χ0) is 34.3. The molecule has 0 amide bonds. The first-order chi connectivity index (χ1) is 25.1. The molecule has 0 atom stereocenters. The van der Waals surface area contributed by atoms with Gasteiger partial charge in [-0.3, -0.25) is 4.98 Å². The molecule has 0 saturated heterocycles. The standard InChI is InChI=1S/C46H33N5/c1-30-19-22-37(31(2)26-30)35-21-24-42-40(27-35)38-17-9-10-18-41(38)51(42)43-28-34(36-16-11-25-47-29-36)20-23-39(43)46-49-44(32-12-5-3-6-13-32)48-45(50-46)33-14-7-4-8-15-33/h3-29H,1-2H3. The second-order valence-electron chi connectivity index (χ2n) is 12.9. The summed E-state index contributed by atoms with van der Waals surface area (Å²) in [6.07, 6.45) is 3.71. The van der Waals surface area contributed by atoms with Gasteiger partial charge in [-0.25, -0.2) is 15.0 Å². The highest BCUT2D eigenvalue weighted by molar-refractivity contribution is 6.11. The third-order valence-corrected chi connectivity index (χ3v) is 9.54. The summed E-state index contributed by atoms with van der Waals surface area (Å²) in [5.74, 6) is 1.86. The van der Waals surface area contributed by atoms with Crippen molar-refractivity contribution < 1.29 is 0 Å². The van der Waals surface area contributed by atoms with E-state index in [1.165, 1.54) is 33.0 Å². The van der Waals surface area contributed by atoms with Crippen LogP contribution >= 0.6 is 0 Å². The fourth-order valence-electron chi connectivity index (χ4n) is 7.09. The van der Waals surface area contributed by atoms with Crippen LogP contribution in [0.15, 0.2) is 164 Å². The van der Waals surface area contributed by atoms with Crippen LogP contribution in [0.4, 0.5) is 0 Å². The van der Waals surface area contributed by atoms with Gasteiger partial charge in [0.25, 0.3) is 0 Å². The van der Waals surface area contributed by atoms with Gasteiger partial charge >= 0.3 is 0 Å². The van der Waals surface area contributed by atoms with E-state index >= 15 is 0 Å². The van der Waals surface area contributed by atoms with Gasteiger partial charge in [-0.15, -0.1) is 0 Å². The van der Waals surface area contributed by atoms with Crippen LogP contribution in [0.3, 0.4) is 0 Å². The largest absolute Gasteiger partial charge is 0.308 e. The van der Waals surface area contributed by atoms with E-state index in [9.17, 15) is 0 Å².